The van der Waals surface area contributed by atoms with E-state index in [0.717, 1.165) is 18.8 Å². The maximum absolute atomic E-state index is 9.41. The number of aliphatic hydroxyl groups excluding tert-OH is 1. The monoisotopic (exact) mass is 222 g/mol. The van der Waals surface area contributed by atoms with Crippen LogP contribution in [0.5, 0.6) is 0 Å². The second-order valence-electron chi connectivity index (χ2n) is 4.28. The van der Waals surface area contributed by atoms with Gasteiger partial charge in [0.05, 0.1) is 6.10 Å². The number of benzene rings is 1. The first-order valence-corrected chi connectivity index (χ1v) is 6.69. The first kappa shape index (κ1) is 11.0. The molecule has 1 saturated carbocycles. The summed E-state index contributed by atoms with van der Waals surface area (Å²) in [6.45, 7) is 0. The van der Waals surface area contributed by atoms with Crippen LogP contribution >= 0.6 is 11.8 Å². The molecule has 82 valence electrons. The van der Waals surface area contributed by atoms with Crippen LogP contribution in [-0.2, 0) is 0 Å². The van der Waals surface area contributed by atoms with Gasteiger partial charge in [0, 0.05) is 4.90 Å². The van der Waals surface area contributed by atoms with Crippen molar-refractivity contribution in [3.8, 4) is 0 Å². The van der Waals surface area contributed by atoms with Crippen LogP contribution < -0.4 is 0 Å². The fraction of sp³-hybridized carbons (Fsp3) is 0.538. The molecular formula is C13H18OS. The zero-order chi connectivity index (χ0) is 10.5. The molecule has 1 N–H and O–H groups in total. The van der Waals surface area contributed by atoms with Crippen LogP contribution in [-0.4, -0.2) is 17.0 Å². The Balaban J connectivity index is 1.67. The predicted octanol–water partition coefficient (Wildman–Crippen LogP) is 3.33. The molecule has 1 fully saturated rings. The molecule has 2 atom stereocenters. The Kier molecular flexibility index (Phi) is 4.09. The summed E-state index contributed by atoms with van der Waals surface area (Å²) in [5.74, 6) is 1.94. The Bertz CT molecular complexity index is 286. The Morgan fingerprint density at radius 1 is 1.20 bits per heavy atom. The third-order valence-corrected chi connectivity index (χ3v) is 4.10. The van der Waals surface area contributed by atoms with Crippen molar-refractivity contribution in [1.29, 1.82) is 0 Å². The van der Waals surface area contributed by atoms with E-state index in [9.17, 15) is 5.11 Å². The Morgan fingerprint density at radius 3 is 2.67 bits per heavy atom. The highest BCUT2D eigenvalue weighted by atomic mass is 32.2. The average Bonchev–Trinajstić information content (AvgIpc) is 2.66. The first-order valence-electron chi connectivity index (χ1n) is 5.70. The lowest BCUT2D eigenvalue weighted by Gasteiger charge is -2.08. The molecule has 2 heteroatoms. The minimum Gasteiger partial charge on any atom is -0.393 e. The van der Waals surface area contributed by atoms with Gasteiger partial charge in [-0.3, -0.25) is 0 Å². The van der Waals surface area contributed by atoms with Crippen molar-refractivity contribution in [3.05, 3.63) is 30.3 Å². The fourth-order valence-corrected chi connectivity index (χ4v) is 3.21. The summed E-state index contributed by atoms with van der Waals surface area (Å²) in [6.07, 6.45) is 4.49. The van der Waals surface area contributed by atoms with Gasteiger partial charge in [-0.15, -0.1) is 11.8 Å². The molecule has 1 aliphatic carbocycles. The SMILES string of the molecule is OC1CCC(CCSc2ccccc2)C1. The van der Waals surface area contributed by atoms with Gasteiger partial charge in [-0.1, -0.05) is 18.2 Å². The Hall–Kier alpha value is -0.470. The van der Waals surface area contributed by atoms with Crippen molar-refractivity contribution < 1.29 is 5.11 Å². The lowest BCUT2D eigenvalue weighted by atomic mass is 10.1. The van der Waals surface area contributed by atoms with Gasteiger partial charge in [-0.05, 0) is 49.5 Å². The zero-order valence-corrected chi connectivity index (χ0v) is 9.75. The van der Waals surface area contributed by atoms with Crippen molar-refractivity contribution in [2.24, 2.45) is 5.92 Å². The second-order valence-corrected chi connectivity index (χ2v) is 5.45. The summed E-state index contributed by atoms with van der Waals surface area (Å²) in [6, 6.07) is 10.5. The summed E-state index contributed by atoms with van der Waals surface area (Å²) >= 11 is 1.93. The molecule has 2 unspecified atom stereocenters. The van der Waals surface area contributed by atoms with Gasteiger partial charge >= 0.3 is 0 Å². The van der Waals surface area contributed by atoms with Crippen LogP contribution in [0.25, 0.3) is 0 Å². The van der Waals surface area contributed by atoms with Crippen LogP contribution in [0.4, 0.5) is 0 Å². The van der Waals surface area contributed by atoms with Crippen LogP contribution in [0, 0.1) is 5.92 Å². The predicted molar refractivity (Wildman–Crippen MR) is 65.1 cm³/mol. The van der Waals surface area contributed by atoms with E-state index in [1.54, 1.807) is 0 Å². The lowest BCUT2D eigenvalue weighted by molar-refractivity contribution is 0.177. The normalized spacial score (nSPS) is 25.7. The van der Waals surface area contributed by atoms with Crippen molar-refractivity contribution in [1.82, 2.24) is 0 Å². The quantitative estimate of drug-likeness (QED) is 0.789. The number of hydrogen-bond acceptors (Lipinski definition) is 2. The summed E-state index contributed by atoms with van der Waals surface area (Å²) in [5, 5.41) is 9.41. The summed E-state index contributed by atoms with van der Waals surface area (Å²) in [7, 11) is 0. The average molecular weight is 222 g/mol. The molecule has 0 radical (unpaired) electrons. The molecule has 1 aliphatic rings. The van der Waals surface area contributed by atoms with Gasteiger partial charge in [0.25, 0.3) is 0 Å². The standard InChI is InChI=1S/C13H18OS/c14-12-7-6-11(10-12)8-9-15-13-4-2-1-3-5-13/h1-5,11-12,14H,6-10H2. The molecule has 1 aromatic rings. The number of thioether (sulfide) groups is 1. The fourth-order valence-electron chi connectivity index (χ4n) is 2.17. The molecule has 0 aliphatic heterocycles. The molecule has 0 bridgehead atoms. The van der Waals surface area contributed by atoms with Crippen LogP contribution in [0.3, 0.4) is 0 Å². The summed E-state index contributed by atoms with van der Waals surface area (Å²) in [5.41, 5.74) is 0. The van der Waals surface area contributed by atoms with Gasteiger partial charge in [0.1, 0.15) is 0 Å². The van der Waals surface area contributed by atoms with Gasteiger partial charge in [-0.2, -0.15) is 0 Å². The van der Waals surface area contributed by atoms with Crippen molar-refractivity contribution in [2.45, 2.75) is 36.7 Å². The molecule has 2 rings (SSSR count). The van der Waals surface area contributed by atoms with E-state index in [1.165, 1.54) is 23.5 Å². The van der Waals surface area contributed by atoms with Crippen LogP contribution in [0.1, 0.15) is 25.7 Å². The molecule has 1 aromatic carbocycles. The molecular weight excluding hydrogens is 204 g/mol. The van der Waals surface area contributed by atoms with Gasteiger partial charge in [-0.25, -0.2) is 0 Å². The third kappa shape index (κ3) is 3.54. The smallest absolute Gasteiger partial charge is 0.0543 e. The highest BCUT2D eigenvalue weighted by Gasteiger charge is 2.21. The van der Waals surface area contributed by atoms with Crippen molar-refractivity contribution >= 4 is 11.8 Å². The third-order valence-electron chi connectivity index (χ3n) is 3.05. The van der Waals surface area contributed by atoms with Gasteiger partial charge < -0.3 is 5.11 Å². The maximum atomic E-state index is 9.41. The molecule has 15 heavy (non-hydrogen) atoms. The summed E-state index contributed by atoms with van der Waals surface area (Å²) in [4.78, 5) is 1.36. The van der Waals surface area contributed by atoms with Crippen LogP contribution in [0.15, 0.2) is 35.2 Å². The molecule has 0 amide bonds. The van der Waals surface area contributed by atoms with Crippen molar-refractivity contribution in [2.75, 3.05) is 5.75 Å². The zero-order valence-electron chi connectivity index (χ0n) is 8.93. The maximum Gasteiger partial charge on any atom is 0.0543 e. The summed E-state index contributed by atoms with van der Waals surface area (Å²) < 4.78 is 0. The van der Waals surface area contributed by atoms with E-state index >= 15 is 0 Å². The van der Waals surface area contributed by atoms with Crippen LogP contribution in [0.2, 0.25) is 0 Å². The van der Waals surface area contributed by atoms with E-state index in [0.29, 0.717) is 0 Å². The highest BCUT2D eigenvalue weighted by molar-refractivity contribution is 7.99. The minimum absolute atomic E-state index is 0.0169. The first-order chi connectivity index (χ1) is 7.34. The lowest BCUT2D eigenvalue weighted by Crippen LogP contribution is -2.01. The topological polar surface area (TPSA) is 20.2 Å². The number of aliphatic hydroxyl groups is 1. The van der Waals surface area contributed by atoms with E-state index in [-0.39, 0.29) is 6.10 Å². The number of rotatable bonds is 4. The van der Waals surface area contributed by atoms with E-state index in [4.69, 9.17) is 0 Å². The Morgan fingerprint density at radius 2 is 2.00 bits per heavy atom. The largest absolute Gasteiger partial charge is 0.393 e. The molecule has 0 heterocycles. The number of hydrogen-bond donors (Lipinski definition) is 1. The van der Waals surface area contributed by atoms with Crippen molar-refractivity contribution in [3.63, 3.8) is 0 Å². The molecule has 0 aromatic heterocycles. The second kappa shape index (κ2) is 5.57. The highest BCUT2D eigenvalue weighted by Crippen LogP contribution is 2.30. The molecule has 0 saturated heterocycles. The minimum atomic E-state index is -0.0169. The molecule has 0 spiro atoms. The Labute approximate surface area is 95.9 Å². The van der Waals surface area contributed by atoms with Gasteiger partial charge in [0.2, 0.25) is 0 Å². The molecule has 1 nitrogen and oxygen atoms in total. The van der Waals surface area contributed by atoms with E-state index in [2.05, 4.69) is 30.3 Å². The van der Waals surface area contributed by atoms with E-state index in [1.807, 2.05) is 11.8 Å². The van der Waals surface area contributed by atoms with Gasteiger partial charge in [0.15, 0.2) is 0 Å². The van der Waals surface area contributed by atoms with E-state index < -0.39 is 0 Å².